The van der Waals surface area contributed by atoms with Gasteiger partial charge in [-0.15, -0.1) is 0 Å². The minimum Gasteiger partial charge on any atom is -0.354 e. The summed E-state index contributed by atoms with van der Waals surface area (Å²) in [6.45, 7) is 3.73. The van der Waals surface area contributed by atoms with Crippen molar-refractivity contribution in [3.05, 3.63) is 48.8 Å². The first kappa shape index (κ1) is 18.1. The van der Waals surface area contributed by atoms with Gasteiger partial charge in [0.05, 0.1) is 30.0 Å². The second-order valence-corrected chi connectivity index (χ2v) is 6.61. The van der Waals surface area contributed by atoms with Gasteiger partial charge in [0, 0.05) is 44.6 Å². The van der Waals surface area contributed by atoms with Crippen LogP contribution < -0.4 is 15.5 Å². The first-order chi connectivity index (χ1) is 13.7. The van der Waals surface area contributed by atoms with Crippen LogP contribution in [-0.2, 0) is 7.05 Å². The standard InChI is InChI=1S/C19H22N8O/c1-26-13-14(10-24-26)18-15(4-2-6-21-18)25-19(28)16-11-23-17(12-22-16)27-8-3-5-20-7-9-27/h2,4,6,10-13,20H,3,5,7-9H2,1H3,(H,25,28). The van der Waals surface area contributed by atoms with Gasteiger partial charge in [0.2, 0.25) is 0 Å². The van der Waals surface area contributed by atoms with Gasteiger partial charge in [0.25, 0.3) is 5.91 Å². The summed E-state index contributed by atoms with van der Waals surface area (Å²) in [7, 11) is 1.84. The lowest BCUT2D eigenvalue weighted by atomic mass is 10.2. The van der Waals surface area contributed by atoms with Crippen molar-refractivity contribution < 1.29 is 4.79 Å². The van der Waals surface area contributed by atoms with E-state index in [0.29, 0.717) is 11.4 Å². The maximum absolute atomic E-state index is 12.7. The van der Waals surface area contributed by atoms with Crippen LogP contribution in [0.5, 0.6) is 0 Å². The fourth-order valence-electron chi connectivity index (χ4n) is 3.14. The fraction of sp³-hybridized carbons (Fsp3) is 0.316. The zero-order chi connectivity index (χ0) is 19.3. The molecule has 1 fully saturated rings. The van der Waals surface area contributed by atoms with Crippen LogP contribution >= 0.6 is 0 Å². The Morgan fingerprint density at radius 3 is 2.86 bits per heavy atom. The van der Waals surface area contributed by atoms with Crippen LogP contribution in [0.15, 0.2) is 43.1 Å². The van der Waals surface area contributed by atoms with E-state index in [1.165, 1.54) is 6.20 Å². The summed E-state index contributed by atoms with van der Waals surface area (Å²) in [6.07, 6.45) is 9.48. The van der Waals surface area contributed by atoms with E-state index in [9.17, 15) is 4.79 Å². The molecule has 2 N–H and O–H groups in total. The molecule has 0 aliphatic carbocycles. The predicted octanol–water partition coefficient (Wildman–Crippen LogP) is 1.32. The molecular weight excluding hydrogens is 356 g/mol. The molecular formula is C19H22N8O. The number of amides is 1. The number of anilines is 2. The maximum Gasteiger partial charge on any atom is 0.275 e. The highest BCUT2D eigenvalue weighted by Gasteiger charge is 2.15. The quantitative estimate of drug-likeness (QED) is 0.706. The molecule has 0 saturated carbocycles. The van der Waals surface area contributed by atoms with Gasteiger partial charge in [-0.3, -0.25) is 14.5 Å². The van der Waals surface area contributed by atoms with Gasteiger partial charge in [0.15, 0.2) is 0 Å². The number of rotatable bonds is 4. The summed E-state index contributed by atoms with van der Waals surface area (Å²) in [6, 6.07) is 3.58. The van der Waals surface area contributed by atoms with Gasteiger partial charge in [0.1, 0.15) is 11.5 Å². The van der Waals surface area contributed by atoms with Gasteiger partial charge in [-0.05, 0) is 25.1 Å². The lowest BCUT2D eigenvalue weighted by Crippen LogP contribution is -2.29. The van der Waals surface area contributed by atoms with Crippen LogP contribution in [-0.4, -0.2) is 56.8 Å². The number of carbonyl (C=O) groups excluding carboxylic acids is 1. The lowest BCUT2D eigenvalue weighted by molar-refractivity contribution is 0.102. The van der Waals surface area contributed by atoms with Crippen LogP contribution in [0.25, 0.3) is 11.3 Å². The van der Waals surface area contributed by atoms with E-state index >= 15 is 0 Å². The van der Waals surface area contributed by atoms with Gasteiger partial charge >= 0.3 is 0 Å². The smallest absolute Gasteiger partial charge is 0.275 e. The number of nitrogens with one attached hydrogen (secondary N) is 2. The fourth-order valence-corrected chi connectivity index (χ4v) is 3.14. The van der Waals surface area contributed by atoms with Crippen molar-refractivity contribution in [1.29, 1.82) is 0 Å². The van der Waals surface area contributed by atoms with Crippen molar-refractivity contribution in [3.8, 4) is 11.3 Å². The number of nitrogens with zero attached hydrogens (tertiary/aromatic N) is 6. The van der Waals surface area contributed by atoms with Crippen molar-refractivity contribution >= 4 is 17.4 Å². The molecule has 4 heterocycles. The Kier molecular flexibility index (Phi) is 5.24. The van der Waals surface area contributed by atoms with Crippen LogP contribution in [0.2, 0.25) is 0 Å². The molecule has 3 aromatic heterocycles. The molecule has 28 heavy (non-hydrogen) atoms. The third-order valence-corrected chi connectivity index (χ3v) is 4.57. The molecule has 9 heteroatoms. The molecule has 4 rings (SSSR count). The normalized spacial score (nSPS) is 14.5. The first-order valence-corrected chi connectivity index (χ1v) is 9.24. The Hall–Kier alpha value is -3.33. The molecule has 0 bridgehead atoms. The molecule has 9 nitrogen and oxygen atoms in total. The highest BCUT2D eigenvalue weighted by atomic mass is 16.1. The molecule has 0 radical (unpaired) electrons. The Bertz CT molecular complexity index is 945. The minimum atomic E-state index is -0.324. The van der Waals surface area contributed by atoms with Crippen molar-refractivity contribution in [1.82, 2.24) is 30.0 Å². The van der Waals surface area contributed by atoms with E-state index in [-0.39, 0.29) is 11.6 Å². The summed E-state index contributed by atoms with van der Waals surface area (Å²) >= 11 is 0. The van der Waals surface area contributed by atoms with Crippen LogP contribution in [0, 0.1) is 0 Å². The van der Waals surface area contributed by atoms with E-state index in [1.807, 2.05) is 13.2 Å². The molecule has 0 spiro atoms. The average molecular weight is 378 g/mol. The van der Waals surface area contributed by atoms with Gasteiger partial charge < -0.3 is 15.5 Å². The monoisotopic (exact) mass is 378 g/mol. The van der Waals surface area contributed by atoms with Gasteiger partial charge in [-0.25, -0.2) is 9.97 Å². The third kappa shape index (κ3) is 3.99. The molecule has 1 aliphatic rings. The maximum atomic E-state index is 12.7. The molecule has 144 valence electrons. The van der Waals surface area contributed by atoms with Crippen molar-refractivity contribution in [2.45, 2.75) is 6.42 Å². The summed E-state index contributed by atoms with van der Waals surface area (Å²) in [5, 5.41) is 10.4. The number of pyridine rings is 1. The molecule has 0 atom stereocenters. The summed E-state index contributed by atoms with van der Waals surface area (Å²) in [5.41, 5.74) is 2.35. The van der Waals surface area contributed by atoms with Crippen LogP contribution in [0.1, 0.15) is 16.9 Å². The minimum absolute atomic E-state index is 0.262. The molecule has 0 aromatic carbocycles. The number of carbonyl (C=O) groups is 1. The van der Waals surface area contributed by atoms with Crippen LogP contribution in [0.4, 0.5) is 11.5 Å². The highest BCUT2D eigenvalue weighted by molar-refractivity contribution is 6.04. The Balaban J connectivity index is 1.50. The van der Waals surface area contributed by atoms with E-state index in [2.05, 4.69) is 35.6 Å². The Morgan fingerprint density at radius 2 is 2.07 bits per heavy atom. The second kappa shape index (κ2) is 8.13. The van der Waals surface area contributed by atoms with E-state index in [0.717, 1.165) is 44.0 Å². The Labute approximate surface area is 162 Å². The summed E-state index contributed by atoms with van der Waals surface area (Å²) in [4.78, 5) is 28.0. The molecule has 0 unspecified atom stereocenters. The molecule has 3 aromatic rings. The SMILES string of the molecule is Cn1cc(-c2ncccc2NC(=O)c2cnc(N3CCCNCC3)cn2)cn1. The number of hydrogen-bond acceptors (Lipinski definition) is 7. The van der Waals surface area contributed by atoms with Crippen molar-refractivity contribution in [2.75, 3.05) is 36.4 Å². The first-order valence-electron chi connectivity index (χ1n) is 9.24. The summed E-state index contributed by atoms with van der Waals surface area (Å²) < 4.78 is 1.69. The zero-order valence-corrected chi connectivity index (χ0v) is 15.7. The lowest BCUT2D eigenvalue weighted by Gasteiger charge is -2.20. The number of aryl methyl sites for hydroxylation is 1. The second-order valence-electron chi connectivity index (χ2n) is 6.61. The Morgan fingerprint density at radius 1 is 1.14 bits per heavy atom. The van der Waals surface area contributed by atoms with E-state index in [1.54, 1.807) is 35.4 Å². The zero-order valence-electron chi connectivity index (χ0n) is 15.7. The predicted molar refractivity (Wildman–Crippen MR) is 106 cm³/mol. The molecule has 1 saturated heterocycles. The summed E-state index contributed by atoms with van der Waals surface area (Å²) in [5.74, 6) is 0.465. The van der Waals surface area contributed by atoms with Gasteiger partial charge in [-0.1, -0.05) is 0 Å². The third-order valence-electron chi connectivity index (χ3n) is 4.57. The highest BCUT2D eigenvalue weighted by Crippen LogP contribution is 2.25. The average Bonchev–Trinajstić information content (AvgIpc) is 2.98. The number of aromatic nitrogens is 5. The van der Waals surface area contributed by atoms with Crippen LogP contribution in [0.3, 0.4) is 0 Å². The largest absolute Gasteiger partial charge is 0.354 e. The van der Waals surface area contributed by atoms with Crippen molar-refractivity contribution in [2.24, 2.45) is 7.05 Å². The van der Waals surface area contributed by atoms with Gasteiger partial charge in [-0.2, -0.15) is 5.10 Å². The topological polar surface area (TPSA) is 101 Å². The van der Waals surface area contributed by atoms with E-state index < -0.39 is 0 Å². The van der Waals surface area contributed by atoms with E-state index in [4.69, 9.17) is 0 Å². The molecule has 1 amide bonds. The molecule has 1 aliphatic heterocycles. The van der Waals surface area contributed by atoms with Crippen molar-refractivity contribution in [3.63, 3.8) is 0 Å². The number of hydrogen-bond donors (Lipinski definition) is 2.